The second-order valence-electron chi connectivity index (χ2n) is 7.83. The number of hydrogen-bond donors (Lipinski definition) is 1. The molecule has 4 rings (SSSR count). The van der Waals surface area contributed by atoms with E-state index in [4.69, 9.17) is 9.47 Å². The van der Waals surface area contributed by atoms with E-state index in [2.05, 4.69) is 5.32 Å². The van der Waals surface area contributed by atoms with E-state index in [1.54, 1.807) is 0 Å². The molecular formula is C26H27NO4. The zero-order valence-electron chi connectivity index (χ0n) is 17.9. The number of ketones is 1. The highest BCUT2D eigenvalue weighted by molar-refractivity contribution is 6.03. The van der Waals surface area contributed by atoms with Crippen molar-refractivity contribution in [2.45, 2.75) is 45.6 Å². The van der Waals surface area contributed by atoms with E-state index < -0.39 is 11.9 Å². The summed E-state index contributed by atoms with van der Waals surface area (Å²) in [5, 5.41) is 3.32. The van der Waals surface area contributed by atoms with E-state index in [0.717, 1.165) is 41.1 Å². The molecule has 0 saturated carbocycles. The molecule has 0 aromatic heterocycles. The molecule has 0 radical (unpaired) electrons. The van der Waals surface area contributed by atoms with Gasteiger partial charge in [-0.3, -0.25) is 4.79 Å². The van der Waals surface area contributed by atoms with Gasteiger partial charge in [0.25, 0.3) is 0 Å². The predicted octanol–water partition coefficient (Wildman–Crippen LogP) is 4.80. The van der Waals surface area contributed by atoms with Crippen LogP contribution in [0.4, 0.5) is 0 Å². The Labute approximate surface area is 182 Å². The number of benzene rings is 2. The monoisotopic (exact) mass is 417 g/mol. The van der Waals surface area contributed by atoms with Gasteiger partial charge in [-0.25, -0.2) is 4.79 Å². The standard InChI is InChI=1S/C26H27NO4/c1-3-30-20-14-12-19(13-15-20)24-23(26(29)31-16-18-8-5-4-6-9-18)17(2)27-21-10-7-11-22(28)25(21)24/h4-6,8-9,12-15,24,27H,3,7,10-11,16H2,1-2H3/t24-/m1/s1. The molecule has 1 heterocycles. The van der Waals surface area contributed by atoms with E-state index in [-0.39, 0.29) is 12.4 Å². The topological polar surface area (TPSA) is 64.6 Å². The molecule has 0 spiro atoms. The molecule has 5 heteroatoms. The van der Waals surface area contributed by atoms with Crippen LogP contribution in [-0.4, -0.2) is 18.4 Å². The molecule has 0 fully saturated rings. The SMILES string of the molecule is CCOc1ccc([C@@H]2C(C(=O)OCc3ccccc3)=C(C)NC3=C2C(=O)CCC3)cc1. The molecule has 1 aliphatic heterocycles. The highest BCUT2D eigenvalue weighted by atomic mass is 16.5. The summed E-state index contributed by atoms with van der Waals surface area (Å²) in [7, 11) is 0. The van der Waals surface area contributed by atoms with Crippen molar-refractivity contribution in [3.05, 3.63) is 88.3 Å². The lowest BCUT2D eigenvalue weighted by Gasteiger charge is -2.34. The van der Waals surface area contributed by atoms with Crippen molar-refractivity contribution in [2.24, 2.45) is 0 Å². The minimum Gasteiger partial charge on any atom is -0.494 e. The van der Waals surface area contributed by atoms with Crippen LogP contribution in [0, 0.1) is 0 Å². The third kappa shape index (κ3) is 4.41. The number of allylic oxidation sites excluding steroid dienone is 3. The van der Waals surface area contributed by atoms with Crippen LogP contribution in [0.1, 0.15) is 50.2 Å². The molecule has 1 aliphatic carbocycles. The van der Waals surface area contributed by atoms with Crippen molar-refractivity contribution in [3.63, 3.8) is 0 Å². The minimum absolute atomic E-state index is 0.0912. The van der Waals surface area contributed by atoms with Gasteiger partial charge in [-0.1, -0.05) is 42.5 Å². The van der Waals surface area contributed by atoms with Crippen molar-refractivity contribution >= 4 is 11.8 Å². The van der Waals surface area contributed by atoms with Crippen LogP contribution in [0.5, 0.6) is 5.75 Å². The summed E-state index contributed by atoms with van der Waals surface area (Å²) >= 11 is 0. The zero-order chi connectivity index (χ0) is 21.8. The van der Waals surface area contributed by atoms with Crippen LogP contribution in [0.25, 0.3) is 0 Å². The van der Waals surface area contributed by atoms with Gasteiger partial charge in [-0.15, -0.1) is 0 Å². The molecule has 2 aliphatic rings. The van der Waals surface area contributed by atoms with Gasteiger partial charge in [0.2, 0.25) is 0 Å². The number of nitrogens with one attached hydrogen (secondary N) is 1. The number of carbonyl (C=O) groups is 2. The summed E-state index contributed by atoms with van der Waals surface area (Å²) in [5.74, 6) is 0.00687. The van der Waals surface area contributed by atoms with E-state index in [1.807, 2.05) is 68.4 Å². The molecule has 0 saturated heterocycles. The summed E-state index contributed by atoms with van der Waals surface area (Å²) in [5.41, 5.74) is 4.65. The van der Waals surface area contributed by atoms with Crippen molar-refractivity contribution < 1.29 is 19.1 Å². The first-order chi connectivity index (χ1) is 15.1. The highest BCUT2D eigenvalue weighted by Crippen LogP contribution is 2.42. The molecule has 2 aromatic carbocycles. The lowest BCUT2D eigenvalue weighted by Crippen LogP contribution is -2.34. The van der Waals surface area contributed by atoms with Crippen LogP contribution >= 0.6 is 0 Å². The molecular weight excluding hydrogens is 390 g/mol. The first kappa shape index (κ1) is 20.9. The largest absolute Gasteiger partial charge is 0.494 e. The zero-order valence-corrected chi connectivity index (χ0v) is 17.9. The number of carbonyl (C=O) groups excluding carboxylic acids is 2. The van der Waals surface area contributed by atoms with Gasteiger partial charge in [0.1, 0.15) is 12.4 Å². The Morgan fingerprint density at radius 3 is 2.52 bits per heavy atom. The number of Topliss-reactive ketones (excluding diaryl/α,β-unsaturated/α-hetero) is 1. The number of rotatable bonds is 6. The molecule has 1 N–H and O–H groups in total. The second-order valence-corrected chi connectivity index (χ2v) is 7.83. The molecule has 31 heavy (non-hydrogen) atoms. The average Bonchev–Trinajstić information content (AvgIpc) is 2.78. The van der Waals surface area contributed by atoms with Gasteiger partial charge in [0.05, 0.1) is 12.2 Å². The number of esters is 1. The van der Waals surface area contributed by atoms with Crippen molar-refractivity contribution in [1.29, 1.82) is 0 Å². The number of ether oxygens (including phenoxy) is 2. The van der Waals surface area contributed by atoms with Crippen LogP contribution in [0.3, 0.4) is 0 Å². The fourth-order valence-electron chi connectivity index (χ4n) is 4.31. The van der Waals surface area contributed by atoms with Gasteiger partial charge in [0.15, 0.2) is 5.78 Å². The summed E-state index contributed by atoms with van der Waals surface area (Å²) < 4.78 is 11.2. The average molecular weight is 418 g/mol. The molecule has 5 nitrogen and oxygen atoms in total. The molecule has 2 aromatic rings. The van der Waals surface area contributed by atoms with E-state index in [1.165, 1.54) is 0 Å². The molecule has 0 amide bonds. The Bertz CT molecular complexity index is 1030. The predicted molar refractivity (Wildman–Crippen MR) is 118 cm³/mol. The molecule has 1 atom stereocenters. The highest BCUT2D eigenvalue weighted by Gasteiger charge is 2.39. The van der Waals surface area contributed by atoms with Crippen molar-refractivity contribution in [3.8, 4) is 5.75 Å². The number of dihydropyridines is 1. The van der Waals surface area contributed by atoms with Crippen molar-refractivity contribution in [2.75, 3.05) is 6.61 Å². The fourth-order valence-corrected chi connectivity index (χ4v) is 4.31. The van der Waals surface area contributed by atoms with Crippen LogP contribution in [0.15, 0.2) is 77.1 Å². The summed E-state index contributed by atoms with van der Waals surface area (Å²) in [6.07, 6.45) is 2.12. The minimum atomic E-state index is -0.442. The first-order valence-corrected chi connectivity index (χ1v) is 10.8. The first-order valence-electron chi connectivity index (χ1n) is 10.8. The Hall–Kier alpha value is -3.34. The summed E-state index contributed by atoms with van der Waals surface area (Å²) in [6, 6.07) is 17.2. The Kier molecular flexibility index (Phi) is 6.21. The van der Waals surface area contributed by atoms with Gasteiger partial charge >= 0.3 is 5.97 Å². The van der Waals surface area contributed by atoms with Crippen LogP contribution in [-0.2, 0) is 20.9 Å². The van der Waals surface area contributed by atoms with Gasteiger partial charge < -0.3 is 14.8 Å². The maximum Gasteiger partial charge on any atom is 0.337 e. The maximum atomic E-state index is 13.2. The molecule has 160 valence electrons. The van der Waals surface area contributed by atoms with Crippen LogP contribution in [0.2, 0.25) is 0 Å². The quantitative estimate of drug-likeness (QED) is 0.684. The van der Waals surface area contributed by atoms with Gasteiger partial charge in [-0.05, 0) is 49.9 Å². The molecule has 0 bridgehead atoms. The van der Waals surface area contributed by atoms with Gasteiger partial charge in [-0.2, -0.15) is 0 Å². The number of hydrogen-bond acceptors (Lipinski definition) is 5. The lowest BCUT2D eigenvalue weighted by atomic mass is 9.75. The third-order valence-corrected chi connectivity index (χ3v) is 5.73. The van der Waals surface area contributed by atoms with Gasteiger partial charge in [0, 0.05) is 29.3 Å². The third-order valence-electron chi connectivity index (χ3n) is 5.73. The smallest absolute Gasteiger partial charge is 0.337 e. The maximum absolute atomic E-state index is 13.2. The Morgan fingerprint density at radius 2 is 1.81 bits per heavy atom. The Balaban J connectivity index is 1.69. The van der Waals surface area contributed by atoms with E-state index >= 15 is 0 Å². The summed E-state index contributed by atoms with van der Waals surface area (Å²) in [4.78, 5) is 26.2. The fraction of sp³-hybridized carbons (Fsp3) is 0.308. The summed E-state index contributed by atoms with van der Waals surface area (Å²) in [6.45, 7) is 4.58. The van der Waals surface area contributed by atoms with Crippen molar-refractivity contribution in [1.82, 2.24) is 5.32 Å². The Morgan fingerprint density at radius 1 is 1.06 bits per heavy atom. The van der Waals surface area contributed by atoms with E-state index in [0.29, 0.717) is 24.2 Å². The lowest BCUT2D eigenvalue weighted by molar-refractivity contribution is -0.140. The normalized spacial score (nSPS) is 18.4. The molecule has 0 unspecified atom stereocenters. The van der Waals surface area contributed by atoms with E-state index in [9.17, 15) is 9.59 Å². The second kappa shape index (κ2) is 9.21. The van der Waals surface area contributed by atoms with Crippen LogP contribution < -0.4 is 10.1 Å².